The average molecular weight is 479 g/mol. The van der Waals surface area contributed by atoms with Gasteiger partial charge in [-0.05, 0) is 61.6 Å². The Labute approximate surface area is 203 Å². The van der Waals surface area contributed by atoms with Gasteiger partial charge in [-0.2, -0.15) is 4.98 Å². The summed E-state index contributed by atoms with van der Waals surface area (Å²) in [5.41, 5.74) is 4.57. The van der Waals surface area contributed by atoms with Gasteiger partial charge in [-0.15, -0.1) is 0 Å². The molecule has 0 spiro atoms. The normalized spacial score (nSPS) is 20.7. The SMILES string of the molecule is CCc1ccc(C2NC(=O)N(CC3CCCO3)C(C)=C2c2nc(-c3ccc(Cl)cc3)no2)cc1. The van der Waals surface area contributed by atoms with Crippen molar-refractivity contribution in [3.05, 3.63) is 76.3 Å². The highest BCUT2D eigenvalue weighted by Crippen LogP contribution is 2.38. The third kappa shape index (κ3) is 4.45. The molecule has 176 valence electrons. The summed E-state index contributed by atoms with van der Waals surface area (Å²) in [7, 11) is 0. The molecule has 5 rings (SSSR count). The van der Waals surface area contributed by atoms with Crippen LogP contribution in [0.2, 0.25) is 5.02 Å². The number of carbonyl (C=O) groups is 1. The van der Waals surface area contributed by atoms with Gasteiger partial charge < -0.3 is 14.6 Å². The van der Waals surface area contributed by atoms with E-state index in [1.165, 1.54) is 5.56 Å². The molecule has 3 heterocycles. The number of allylic oxidation sites excluding steroid dienone is 1. The zero-order chi connectivity index (χ0) is 23.7. The van der Waals surface area contributed by atoms with Crippen LogP contribution in [0.15, 0.2) is 58.8 Å². The molecule has 2 aliphatic heterocycles. The summed E-state index contributed by atoms with van der Waals surface area (Å²) in [5.74, 6) is 0.846. The fraction of sp³-hybridized carbons (Fsp3) is 0.346. The van der Waals surface area contributed by atoms with Gasteiger partial charge in [0.15, 0.2) is 0 Å². The molecule has 2 amide bonds. The number of urea groups is 1. The molecule has 2 aliphatic rings. The molecule has 1 N–H and O–H groups in total. The molecule has 0 bridgehead atoms. The van der Waals surface area contributed by atoms with Gasteiger partial charge in [-0.25, -0.2) is 4.79 Å². The number of benzene rings is 2. The first kappa shape index (κ1) is 22.6. The van der Waals surface area contributed by atoms with E-state index in [4.69, 9.17) is 25.8 Å². The second-order valence-corrected chi connectivity index (χ2v) is 9.09. The van der Waals surface area contributed by atoms with Gasteiger partial charge >= 0.3 is 6.03 Å². The van der Waals surface area contributed by atoms with Crippen molar-refractivity contribution >= 4 is 23.2 Å². The van der Waals surface area contributed by atoms with Crippen LogP contribution in [0.25, 0.3) is 17.0 Å². The van der Waals surface area contributed by atoms with Crippen LogP contribution in [0.1, 0.15) is 49.7 Å². The summed E-state index contributed by atoms with van der Waals surface area (Å²) in [4.78, 5) is 19.6. The average Bonchev–Trinajstić information content (AvgIpc) is 3.54. The number of carbonyl (C=O) groups excluding carboxylic acids is 1. The molecule has 2 aromatic carbocycles. The predicted octanol–water partition coefficient (Wildman–Crippen LogP) is 5.63. The fourth-order valence-electron chi connectivity index (χ4n) is 4.52. The highest BCUT2D eigenvalue weighted by molar-refractivity contribution is 6.30. The summed E-state index contributed by atoms with van der Waals surface area (Å²) in [6.07, 6.45) is 2.92. The molecule has 2 atom stereocenters. The minimum atomic E-state index is -0.405. The zero-order valence-corrected chi connectivity index (χ0v) is 20.0. The van der Waals surface area contributed by atoms with Crippen LogP contribution in [0.3, 0.4) is 0 Å². The first-order valence-corrected chi connectivity index (χ1v) is 12.0. The van der Waals surface area contributed by atoms with Crippen molar-refractivity contribution in [2.24, 2.45) is 0 Å². The van der Waals surface area contributed by atoms with E-state index in [0.29, 0.717) is 23.3 Å². The van der Waals surface area contributed by atoms with E-state index < -0.39 is 6.04 Å². The lowest BCUT2D eigenvalue weighted by atomic mass is 9.93. The molecule has 2 unspecified atom stereocenters. The standard InChI is InChI=1S/C26H27ClN4O3/c1-3-17-6-8-18(9-7-17)23-22(16(2)31(26(32)28-23)15-21-5-4-14-33-21)25-29-24(30-34-25)19-10-12-20(27)13-11-19/h6-13,21,23H,3-5,14-15H2,1-2H3,(H,28,32). The van der Waals surface area contributed by atoms with E-state index in [1.54, 1.807) is 17.0 Å². The molecule has 1 fully saturated rings. The Hall–Kier alpha value is -3.16. The number of nitrogens with zero attached hydrogens (tertiary/aromatic N) is 3. The van der Waals surface area contributed by atoms with Gasteiger partial charge in [0, 0.05) is 22.9 Å². The van der Waals surface area contributed by atoms with E-state index in [-0.39, 0.29) is 12.1 Å². The van der Waals surface area contributed by atoms with Crippen LogP contribution < -0.4 is 5.32 Å². The molecule has 0 aliphatic carbocycles. The number of aryl methyl sites for hydroxylation is 1. The number of hydrogen-bond donors (Lipinski definition) is 1. The van der Waals surface area contributed by atoms with Gasteiger partial charge in [-0.3, -0.25) is 4.90 Å². The lowest BCUT2D eigenvalue weighted by Crippen LogP contribution is -2.48. The Morgan fingerprint density at radius 2 is 1.91 bits per heavy atom. The van der Waals surface area contributed by atoms with Crippen LogP contribution in [-0.2, 0) is 11.2 Å². The summed E-state index contributed by atoms with van der Waals surface area (Å²) >= 11 is 6.03. The van der Waals surface area contributed by atoms with E-state index in [1.807, 2.05) is 31.2 Å². The first-order valence-electron chi connectivity index (χ1n) is 11.6. The monoisotopic (exact) mass is 478 g/mol. The number of halogens is 1. The second-order valence-electron chi connectivity index (χ2n) is 8.65. The molecule has 8 heteroatoms. The van der Waals surface area contributed by atoms with Crippen LogP contribution in [0.4, 0.5) is 4.79 Å². The Morgan fingerprint density at radius 1 is 1.15 bits per heavy atom. The molecule has 0 radical (unpaired) electrons. The number of aromatic nitrogens is 2. The molecule has 34 heavy (non-hydrogen) atoms. The maximum Gasteiger partial charge on any atom is 0.322 e. The summed E-state index contributed by atoms with van der Waals surface area (Å²) in [6, 6.07) is 15.0. The summed E-state index contributed by atoms with van der Waals surface area (Å²) in [5, 5.41) is 8.01. The van der Waals surface area contributed by atoms with Crippen molar-refractivity contribution < 1.29 is 14.1 Å². The third-order valence-corrected chi connectivity index (χ3v) is 6.74. The minimum absolute atomic E-state index is 0.0228. The Kier molecular flexibility index (Phi) is 6.39. The first-order chi connectivity index (χ1) is 16.5. The lowest BCUT2D eigenvalue weighted by Gasteiger charge is -2.36. The summed E-state index contributed by atoms with van der Waals surface area (Å²) < 4.78 is 11.5. The Bertz CT molecular complexity index is 1200. The third-order valence-electron chi connectivity index (χ3n) is 6.49. The molecular formula is C26H27ClN4O3. The number of ether oxygens (including phenoxy) is 1. The van der Waals surface area contributed by atoms with Gasteiger partial charge in [0.25, 0.3) is 5.89 Å². The van der Waals surface area contributed by atoms with Gasteiger partial charge in [0.2, 0.25) is 5.82 Å². The van der Waals surface area contributed by atoms with E-state index in [9.17, 15) is 4.79 Å². The maximum absolute atomic E-state index is 13.2. The topological polar surface area (TPSA) is 80.5 Å². The maximum atomic E-state index is 13.2. The fourth-order valence-corrected chi connectivity index (χ4v) is 4.64. The minimum Gasteiger partial charge on any atom is -0.376 e. The van der Waals surface area contributed by atoms with Crippen molar-refractivity contribution in [1.82, 2.24) is 20.4 Å². The van der Waals surface area contributed by atoms with E-state index in [2.05, 4.69) is 29.5 Å². The van der Waals surface area contributed by atoms with Crippen molar-refractivity contribution in [3.63, 3.8) is 0 Å². The van der Waals surface area contributed by atoms with E-state index in [0.717, 1.165) is 48.3 Å². The summed E-state index contributed by atoms with van der Waals surface area (Å²) in [6.45, 7) is 5.27. The highest BCUT2D eigenvalue weighted by atomic mass is 35.5. The van der Waals surface area contributed by atoms with Crippen molar-refractivity contribution in [3.8, 4) is 11.4 Å². The highest BCUT2D eigenvalue weighted by Gasteiger charge is 2.37. The zero-order valence-electron chi connectivity index (χ0n) is 19.3. The molecule has 1 aromatic heterocycles. The largest absolute Gasteiger partial charge is 0.376 e. The Morgan fingerprint density at radius 3 is 2.59 bits per heavy atom. The van der Waals surface area contributed by atoms with Crippen molar-refractivity contribution in [2.75, 3.05) is 13.2 Å². The van der Waals surface area contributed by atoms with Crippen LogP contribution >= 0.6 is 11.6 Å². The van der Waals surface area contributed by atoms with Crippen LogP contribution in [0, 0.1) is 0 Å². The van der Waals surface area contributed by atoms with Gasteiger partial charge in [0.1, 0.15) is 0 Å². The van der Waals surface area contributed by atoms with E-state index >= 15 is 0 Å². The number of rotatable bonds is 6. The molecule has 1 saturated heterocycles. The molecule has 7 nitrogen and oxygen atoms in total. The second kappa shape index (κ2) is 9.60. The van der Waals surface area contributed by atoms with Gasteiger partial charge in [0.05, 0.1) is 24.3 Å². The van der Waals surface area contributed by atoms with Crippen molar-refractivity contribution in [1.29, 1.82) is 0 Å². The molecule has 3 aromatic rings. The quantitative estimate of drug-likeness (QED) is 0.496. The number of amides is 2. The molecule has 0 saturated carbocycles. The van der Waals surface area contributed by atoms with Gasteiger partial charge in [-0.1, -0.05) is 47.9 Å². The van der Waals surface area contributed by atoms with Crippen LogP contribution in [-0.4, -0.2) is 40.3 Å². The molecular weight excluding hydrogens is 452 g/mol. The smallest absolute Gasteiger partial charge is 0.322 e. The lowest BCUT2D eigenvalue weighted by molar-refractivity contribution is 0.0877. The number of hydrogen-bond acceptors (Lipinski definition) is 5. The van der Waals surface area contributed by atoms with Crippen LogP contribution in [0.5, 0.6) is 0 Å². The number of nitrogens with one attached hydrogen (secondary N) is 1. The van der Waals surface area contributed by atoms with Crippen molar-refractivity contribution in [2.45, 2.75) is 45.3 Å². The predicted molar refractivity (Wildman–Crippen MR) is 130 cm³/mol. The Balaban J connectivity index is 1.55.